The summed E-state index contributed by atoms with van der Waals surface area (Å²) in [6.07, 6.45) is 5.72. The number of carbonyl (C=O) groups is 2. The van der Waals surface area contributed by atoms with E-state index in [1.54, 1.807) is 6.92 Å². The lowest BCUT2D eigenvalue weighted by atomic mass is 10.4. The lowest BCUT2D eigenvalue weighted by Crippen LogP contribution is -2.36. The number of terminal acetylenes is 1. The molecule has 0 aromatic rings. The van der Waals surface area contributed by atoms with Crippen LogP contribution in [-0.2, 0) is 14.3 Å². The van der Waals surface area contributed by atoms with Crippen LogP contribution in [0.4, 0.5) is 0 Å². The Bertz CT molecular complexity index is 242. The van der Waals surface area contributed by atoms with Crippen LogP contribution in [0, 0.1) is 12.3 Å². The van der Waals surface area contributed by atoms with Crippen LogP contribution < -0.4 is 0 Å². The molecule has 4 heteroatoms. The second kappa shape index (κ2) is 6.96. The minimum Gasteiger partial charge on any atom is -0.465 e. The van der Waals surface area contributed by atoms with E-state index in [1.165, 1.54) is 4.90 Å². The first-order valence-corrected chi connectivity index (χ1v) is 4.56. The molecule has 0 aliphatic rings. The average molecular weight is 197 g/mol. The molecule has 0 fully saturated rings. The zero-order valence-electron chi connectivity index (χ0n) is 8.58. The number of rotatable bonds is 5. The van der Waals surface area contributed by atoms with Gasteiger partial charge in [-0.05, 0) is 19.3 Å². The van der Waals surface area contributed by atoms with Gasteiger partial charge in [0.2, 0.25) is 0 Å². The van der Waals surface area contributed by atoms with E-state index in [0.717, 1.165) is 6.42 Å². The molecule has 0 aromatic heterocycles. The zero-order chi connectivity index (χ0) is 11.0. The molecule has 0 aliphatic carbocycles. The van der Waals surface area contributed by atoms with E-state index in [2.05, 4.69) is 0 Å². The first-order valence-electron chi connectivity index (χ1n) is 4.56. The minimum atomic E-state index is -0.472. The molecule has 0 rings (SSSR count). The Morgan fingerprint density at radius 3 is 2.50 bits per heavy atom. The summed E-state index contributed by atoms with van der Waals surface area (Å²) in [5.74, 6) is 1.08. The van der Waals surface area contributed by atoms with Gasteiger partial charge in [0.15, 0.2) is 0 Å². The van der Waals surface area contributed by atoms with Gasteiger partial charge in [0, 0.05) is 6.54 Å². The van der Waals surface area contributed by atoms with Crippen molar-refractivity contribution in [1.82, 2.24) is 4.90 Å². The predicted molar refractivity (Wildman–Crippen MR) is 52.3 cm³/mol. The highest BCUT2D eigenvalue weighted by Gasteiger charge is 2.14. The second-order valence-corrected chi connectivity index (χ2v) is 2.68. The van der Waals surface area contributed by atoms with Crippen molar-refractivity contribution < 1.29 is 14.3 Å². The Morgan fingerprint density at radius 1 is 1.43 bits per heavy atom. The molecular formula is C10H15NO3. The predicted octanol–water partition coefficient (Wildman–Crippen LogP) is 0.421. The molecule has 0 bridgehead atoms. The molecule has 0 saturated carbocycles. The Morgan fingerprint density at radius 2 is 2.07 bits per heavy atom. The molecule has 4 nitrogen and oxygen atoms in total. The van der Waals surface area contributed by atoms with Crippen molar-refractivity contribution in [2.45, 2.75) is 20.3 Å². The molecule has 0 N–H and O–H groups in total. The van der Waals surface area contributed by atoms with E-state index in [-0.39, 0.29) is 6.54 Å². The Kier molecular flexibility index (Phi) is 6.21. The lowest BCUT2D eigenvalue weighted by molar-refractivity contribution is -0.147. The molecule has 78 valence electrons. The standard InChI is InChI=1S/C10H15NO3/c1-4-7-11(9(12)5-2)8-10(13)14-6-3/h2H,4,6-8H2,1,3H3. The van der Waals surface area contributed by atoms with Gasteiger partial charge in [-0.15, -0.1) is 6.42 Å². The molecule has 0 radical (unpaired) electrons. The highest BCUT2D eigenvalue weighted by Crippen LogP contribution is 1.93. The summed E-state index contributed by atoms with van der Waals surface area (Å²) in [5, 5.41) is 0. The van der Waals surface area contributed by atoms with Crippen molar-refractivity contribution in [1.29, 1.82) is 0 Å². The zero-order valence-corrected chi connectivity index (χ0v) is 8.58. The molecule has 0 aliphatic heterocycles. The van der Waals surface area contributed by atoms with Gasteiger partial charge in [0.1, 0.15) is 6.54 Å². The largest absolute Gasteiger partial charge is 0.465 e. The van der Waals surface area contributed by atoms with E-state index in [0.29, 0.717) is 13.2 Å². The maximum atomic E-state index is 11.1. The average Bonchev–Trinajstić information content (AvgIpc) is 2.16. The van der Waals surface area contributed by atoms with Crippen LogP contribution in [0.5, 0.6) is 0 Å². The van der Waals surface area contributed by atoms with E-state index < -0.39 is 11.9 Å². The summed E-state index contributed by atoms with van der Waals surface area (Å²) in [4.78, 5) is 23.5. The Hall–Kier alpha value is -1.50. The van der Waals surface area contributed by atoms with Gasteiger partial charge in [-0.2, -0.15) is 0 Å². The van der Waals surface area contributed by atoms with Gasteiger partial charge < -0.3 is 9.64 Å². The fraction of sp³-hybridized carbons (Fsp3) is 0.600. The summed E-state index contributed by atoms with van der Waals surface area (Å²) < 4.78 is 4.71. The van der Waals surface area contributed by atoms with Crippen LogP contribution >= 0.6 is 0 Å². The SMILES string of the molecule is C#CC(=O)N(CCC)CC(=O)OCC. The molecule has 14 heavy (non-hydrogen) atoms. The van der Waals surface area contributed by atoms with Crippen molar-refractivity contribution in [2.24, 2.45) is 0 Å². The van der Waals surface area contributed by atoms with E-state index >= 15 is 0 Å². The van der Waals surface area contributed by atoms with Crippen molar-refractivity contribution in [3.63, 3.8) is 0 Å². The number of ether oxygens (including phenoxy) is 1. The summed E-state index contributed by atoms with van der Waals surface area (Å²) in [6.45, 7) is 4.34. The van der Waals surface area contributed by atoms with Gasteiger partial charge in [-0.25, -0.2) is 0 Å². The summed E-state index contributed by atoms with van der Waals surface area (Å²) >= 11 is 0. The third-order valence-electron chi connectivity index (χ3n) is 1.53. The molecule has 0 unspecified atom stereocenters. The fourth-order valence-electron chi connectivity index (χ4n) is 0.976. The first-order chi connectivity index (χ1) is 6.65. The highest BCUT2D eigenvalue weighted by atomic mass is 16.5. The van der Waals surface area contributed by atoms with Crippen molar-refractivity contribution in [3.8, 4) is 12.3 Å². The molecule has 0 heterocycles. The monoisotopic (exact) mass is 197 g/mol. The van der Waals surface area contributed by atoms with E-state index in [1.807, 2.05) is 12.8 Å². The Balaban J connectivity index is 4.16. The maximum Gasteiger partial charge on any atom is 0.325 e. The normalized spacial score (nSPS) is 8.93. The van der Waals surface area contributed by atoms with Gasteiger partial charge in [-0.3, -0.25) is 9.59 Å². The Labute approximate surface area is 84.2 Å². The molecule has 1 amide bonds. The lowest BCUT2D eigenvalue weighted by Gasteiger charge is -2.17. The first kappa shape index (κ1) is 12.5. The second-order valence-electron chi connectivity index (χ2n) is 2.68. The number of amides is 1. The van der Waals surface area contributed by atoms with Gasteiger partial charge in [0.05, 0.1) is 6.61 Å². The molecule has 0 saturated heterocycles. The van der Waals surface area contributed by atoms with Gasteiger partial charge in [0.25, 0.3) is 5.91 Å². The van der Waals surface area contributed by atoms with Crippen LogP contribution in [0.3, 0.4) is 0 Å². The van der Waals surface area contributed by atoms with E-state index in [9.17, 15) is 9.59 Å². The van der Waals surface area contributed by atoms with Crippen LogP contribution in [0.2, 0.25) is 0 Å². The summed E-state index contributed by atoms with van der Waals surface area (Å²) in [7, 11) is 0. The maximum absolute atomic E-state index is 11.1. The van der Waals surface area contributed by atoms with Gasteiger partial charge >= 0.3 is 5.97 Å². The van der Waals surface area contributed by atoms with Crippen molar-refractivity contribution in [3.05, 3.63) is 0 Å². The number of carbonyl (C=O) groups excluding carboxylic acids is 2. The highest BCUT2D eigenvalue weighted by molar-refractivity contribution is 5.94. The number of esters is 1. The van der Waals surface area contributed by atoms with Crippen LogP contribution in [0.1, 0.15) is 20.3 Å². The molecule has 0 aromatic carbocycles. The number of hydrogen-bond acceptors (Lipinski definition) is 3. The fourth-order valence-corrected chi connectivity index (χ4v) is 0.976. The van der Waals surface area contributed by atoms with Crippen LogP contribution in [-0.4, -0.2) is 36.5 Å². The smallest absolute Gasteiger partial charge is 0.325 e. The number of nitrogens with zero attached hydrogens (tertiary/aromatic N) is 1. The topological polar surface area (TPSA) is 46.6 Å². The third kappa shape index (κ3) is 4.51. The van der Waals surface area contributed by atoms with Gasteiger partial charge in [-0.1, -0.05) is 6.92 Å². The van der Waals surface area contributed by atoms with Crippen LogP contribution in [0.25, 0.3) is 0 Å². The third-order valence-corrected chi connectivity index (χ3v) is 1.53. The molecule has 0 atom stereocenters. The minimum absolute atomic E-state index is 0.0648. The van der Waals surface area contributed by atoms with Crippen molar-refractivity contribution in [2.75, 3.05) is 19.7 Å². The van der Waals surface area contributed by atoms with Crippen LogP contribution in [0.15, 0.2) is 0 Å². The molecule has 0 spiro atoms. The summed E-state index contributed by atoms with van der Waals surface area (Å²) in [5.41, 5.74) is 0. The quantitative estimate of drug-likeness (QED) is 0.474. The van der Waals surface area contributed by atoms with Crippen molar-refractivity contribution >= 4 is 11.9 Å². The number of hydrogen-bond donors (Lipinski definition) is 0. The molecular weight excluding hydrogens is 182 g/mol. The van der Waals surface area contributed by atoms with E-state index in [4.69, 9.17) is 11.2 Å². The summed E-state index contributed by atoms with van der Waals surface area (Å²) in [6, 6.07) is 0.